The molecule has 0 spiro atoms. The Morgan fingerprint density at radius 3 is 2.88 bits per heavy atom. The van der Waals surface area contributed by atoms with Gasteiger partial charge in [0.05, 0.1) is 19.3 Å². The van der Waals surface area contributed by atoms with Gasteiger partial charge in [0.15, 0.2) is 0 Å². The van der Waals surface area contributed by atoms with Gasteiger partial charge in [0.1, 0.15) is 5.54 Å². The minimum Gasteiger partial charge on any atom is -0.379 e. The van der Waals surface area contributed by atoms with Gasteiger partial charge in [0.25, 0.3) is 0 Å². The predicted octanol–water partition coefficient (Wildman–Crippen LogP) is 1.38. The van der Waals surface area contributed by atoms with Gasteiger partial charge < -0.3 is 4.74 Å². The summed E-state index contributed by atoms with van der Waals surface area (Å²) in [4.78, 5) is 2.44. The molecule has 1 aliphatic rings. The van der Waals surface area contributed by atoms with Crippen LogP contribution in [-0.2, 0) is 4.74 Å². The van der Waals surface area contributed by atoms with Crippen molar-refractivity contribution in [3.63, 3.8) is 0 Å². The lowest BCUT2D eigenvalue weighted by atomic mass is 9.93. The topological polar surface area (TPSA) is 48.3 Å². The molecule has 0 bridgehead atoms. The summed E-state index contributed by atoms with van der Waals surface area (Å²) in [6.07, 6.45) is 0.849. The van der Waals surface area contributed by atoms with Crippen LogP contribution in [0.2, 0.25) is 0 Å². The molecule has 1 aliphatic heterocycles. The summed E-state index contributed by atoms with van der Waals surface area (Å²) in [6, 6.07) is 3.24. The molecule has 98 valence electrons. The van der Waals surface area contributed by atoms with Crippen LogP contribution in [-0.4, -0.2) is 48.8 Å². The molecular weight excluding hydrogens is 214 g/mol. The van der Waals surface area contributed by atoms with Crippen molar-refractivity contribution in [2.24, 2.45) is 0 Å². The van der Waals surface area contributed by atoms with E-state index in [2.05, 4.69) is 30.1 Å². The van der Waals surface area contributed by atoms with Gasteiger partial charge in [-0.15, -0.1) is 0 Å². The van der Waals surface area contributed by atoms with Gasteiger partial charge in [0, 0.05) is 18.6 Å². The number of hydrogen-bond acceptors (Lipinski definition) is 4. The number of nitrogens with one attached hydrogen (secondary N) is 1. The smallest absolute Gasteiger partial charge is 0.105 e. The quantitative estimate of drug-likeness (QED) is 0.787. The fourth-order valence-corrected chi connectivity index (χ4v) is 2.65. The maximum absolute atomic E-state index is 9.27. The van der Waals surface area contributed by atoms with Crippen LogP contribution in [0.5, 0.6) is 0 Å². The maximum Gasteiger partial charge on any atom is 0.105 e. The van der Waals surface area contributed by atoms with Gasteiger partial charge in [-0.25, -0.2) is 0 Å². The molecule has 0 saturated carbocycles. The van der Waals surface area contributed by atoms with Gasteiger partial charge in [-0.05, 0) is 33.7 Å². The lowest BCUT2D eigenvalue weighted by molar-refractivity contribution is -0.0229. The molecule has 1 fully saturated rings. The molecule has 0 aromatic heterocycles. The monoisotopic (exact) mass is 239 g/mol. The number of rotatable bonds is 5. The van der Waals surface area contributed by atoms with Crippen molar-refractivity contribution in [2.75, 3.05) is 26.3 Å². The van der Waals surface area contributed by atoms with Crippen LogP contribution in [0.15, 0.2) is 0 Å². The second kappa shape index (κ2) is 6.34. The van der Waals surface area contributed by atoms with Gasteiger partial charge in [-0.2, -0.15) is 5.26 Å². The average molecular weight is 239 g/mol. The Balaban J connectivity index is 2.57. The Hall–Kier alpha value is -0.630. The van der Waals surface area contributed by atoms with Crippen molar-refractivity contribution in [3.05, 3.63) is 0 Å². The molecule has 4 nitrogen and oxygen atoms in total. The standard InChI is InChI=1S/C13H25N3O/c1-5-15-13(4,10-14)8-11(2)16-6-7-17-9-12(16)3/h11-12,15H,5-9H2,1-4H3. The highest BCUT2D eigenvalue weighted by Crippen LogP contribution is 2.19. The molecule has 17 heavy (non-hydrogen) atoms. The van der Waals surface area contributed by atoms with E-state index in [1.54, 1.807) is 0 Å². The molecule has 3 unspecified atom stereocenters. The zero-order valence-electron chi connectivity index (χ0n) is 11.5. The Morgan fingerprint density at radius 1 is 1.65 bits per heavy atom. The summed E-state index contributed by atoms with van der Waals surface area (Å²) >= 11 is 0. The molecule has 1 rings (SSSR count). The molecule has 3 atom stereocenters. The van der Waals surface area contributed by atoms with Gasteiger partial charge >= 0.3 is 0 Å². The second-order valence-corrected chi connectivity index (χ2v) is 5.19. The molecule has 0 amide bonds. The fourth-order valence-electron chi connectivity index (χ4n) is 2.65. The van der Waals surface area contributed by atoms with Crippen LogP contribution in [0.1, 0.15) is 34.1 Å². The first-order valence-electron chi connectivity index (χ1n) is 6.52. The van der Waals surface area contributed by atoms with Gasteiger partial charge in [0.2, 0.25) is 0 Å². The van der Waals surface area contributed by atoms with E-state index in [0.29, 0.717) is 12.1 Å². The number of nitrogens with zero attached hydrogens (tertiary/aromatic N) is 2. The molecule has 1 N–H and O–H groups in total. The van der Waals surface area contributed by atoms with Crippen molar-refractivity contribution < 1.29 is 4.74 Å². The molecule has 0 radical (unpaired) electrons. The number of hydrogen-bond donors (Lipinski definition) is 1. The van der Waals surface area contributed by atoms with E-state index in [-0.39, 0.29) is 0 Å². The van der Waals surface area contributed by atoms with Crippen molar-refractivity contribution in [1.82, 2.24) is 10.2 Å². The summed E-state index contributed by atoms with van der Waals surface area (Å²) in [5, 5.41) is 12.5. The van der Waals surface area contributed by atoms with E-state index in [4.69, 9.17) is 4.74 Å². The van der Waals surface area contributed by atoms with Crippen molar-refractivity contribution >= 4 is 0 Å². The average Bonchev–Trinajstić information content (AvgIpc) is 2.29. The van der Waals surface area contributed by atoms with E-state index < -0.39 is 5.54 Å². The van der Waals surface area contributed by atoms with E-state index in [1.807, 2.05) is 13.8 Å². The molecule has 0 aliphatic carbocycles. The Kier molecular flexibility index (Phi) is 5.38. The second-order valence-electron chi connectivity index (χ2n) is 5.19. The summed E-state index contributed by atoms with van der Waals surface area (Å²) in [6.45, 7) is 11.8. The van der Waals surface area contributed by atoms with E-state index >= 15 is 0 Å². The van der Waals surface area contributed by atoms with Crippen molar-refractivity contribution in [2.45, 2.75) is 51.7 Å². The Labute approximate surface area is 105 Å². The SMILES string of the molecule is CCNC(C)(C#N)CC(C)N1CCOCC1C. The molecule has 4 heteroatoms. The third-order valence-electron chi connectivity index (χ3n) is 3.50. The summed E-state index contributed by atoms with van der Waals surface area (Å²) < 4.78 is 5.44. The molecule has 0 aromatic carbocycles. The third kappa shape index (κ3) is 3.95. The number of ether oxygens (including phenoxy) is 1. The number of nitriles is 1. The highest BCUT2D eigenvalue weighted by Gasteiger charge is 2.31. The third-order valence-corrected chi connectivity index (χ3v) is 3.50. The van der Waals surface area contributed by atoms with Crippen LogP contribution < -0.4 is 5.32 Å². The lowest BCUT2D eigenvalue weighted by Crippen LogP contribution is -2.52. The first-order valence-corrected chi connectivity index (χ1v) is 6.52. The zero-order valence-corrected chi connectivity index (χ0v) is 11.5. The zero-order chi connectivity index (χ0) is 12.9. The van der Waals surface area contributed by atoms with Crippen LogP contribution in [0.3, 0.4) is 0 Å². The normalized spacial score (nSPS) is 27.1. The van der Waals surface area contributed by atoms with Crippen molar-refractivity contribution in [3.8, 4) is 6.07 Å². The number of morpholine rings is 1. The maximum atomic E-state index is 9.27. The first kappa shape index (κ1) is 14.4. The summed E-state index contributed by atoms with van der Waals surface area (Å²) in [5.41, 5.74) is -0.424. The van der Waals surface area contributed by atoms with Crippen LogP contribution in [0.4, 0.5) is 0 Å². The predicted molar refractivity (Wildman–Crippen MR) is 68.8 cm³/mol. The molecular formula is C13H25N3O. The molecule has 1 heterocycles. The van der Waals surface area contributed by atoms with Crippen LogP contribution >= 0.6 is 0 Å². The van der Waals surface area contributed by atoms with Crippen LogP contribution in [0, 0.1) is 11.3 Å². The summed E-state index contributed by atoms with van der Waals surface area (Å²) in [7, 11) is 0. The first-order chi connectivity index (χ1) is 8.02. The highest BCUT2D eigenvalue weighted by atomic mass is 16.5. The minimum atomic E-state index is -0.424. The molecule has 0 aromatic rings. The highest BCUT2D eigenvalue weighted by molar-refractivity contribution is 5.05. The Bertz CT molecular complexity index is 276. The van der Waals surface area contributed by atoms with Crippen LogP contribution in [0.25, 0.3) is 0 Å². The van der Waals surface area contributed by atoms with E-state index in [0.717, 1.165) is 32.7 Å². The van der Waals surface area contributed by atoms with Gasteiger partial charge in [-0.3, -0.25) is 10.2 Å². The van der Waals surface area contributed by atoms with Crippen molar-refractivity contribution in [1.29, 1.82) is 5.26 Å². The largest absolute Gasteiger partial charge is 0.379 e. The molecule has 1 saturated heterocycles. The van der Waals surface area contributed by atoms with Gasteiger partial charge in [-0.1, -0.05) is 6.92 Å². The fraction of sp³-hybridized carbons (Fsp3) is 0.923. The Morgan fingerprint density at radius 2 is 2.35 bits per heavy atom. The summed E-state index contributed by atoms with van der Waals surface area (Å²) in [5.74, 6) is 0. The van der Waals surface area contributed by atoms with E-state index in [1.165, 1.54) is 0 Å². The minimum absolute atomic E-state index is 0.401. The van der Waals surface area contributed by atoms with E-state index in [9.17, 15) is 5.26 Å². The lowest BCUT2D eigenvalue weighted by Gasteiger charge is -2.40.